The highest BCUT2D eigenvalue weighted by Gasteiger charge is 2.63. The zero-order chi connectivity index (χ0) is 44.6. The molecular weight excluding hydrogens is 882 g/mol. The number of hydrogen-bond donors (Lipinski definition) is 3. The van der Waals surface area contributed by atoms with Crippen LogP contribution in [0.15, 0.2) is 42.5 Å². The van der Waals surface area contributed by atoms with Crippen LogP contribution in [-0.4, -0.2) is 94.4 Å². The summed E-state index contributed by atoms with van der Waals surface area (Å²) in [5.74, 6) is -8.97. The highest BCUT2D eigenvalue weighted by Crippen LogP contribution is 2.64. The molecule has 0 bridgehead atoms. The maximum atomic E-state index is 15.7. The average molecular weight is 921 g/mol. The molecule has 2 aliphatic carbocycles. The molecule has 3 aliphatic rings. The van der Waals surface area contributed by atoms with Crippen LogP contribution in [-0.2, 0) is 51.7 Å². The van der Waals surface area contributed by atoms with Gasteiger partial charge in [0.1, 0.15) is 23.9 Å². The number of amides is 1. The van der Waals surface area contributed by atoms with Gasteiger partial charge in [-0.25, -0.2) is 27.2 Å². The molecule has 6 aromatic rings. The predicted molar refractivity (Wildman–Crippen MR) is 219 cm³/mol. The van der Waals surface area contributed by atoms with Gasteiger partial charge in [0.05, 0.1) is 41.4 Å². The Morgan fingerprint density at radius 2 is 1.78 bits per heavy atom. The fraction of sp³-hybridized carbons (Fsp3) is 0.425. The van der Waals surface area contributed by atoms with Crippen molar-refractivity contribution < 1.29 is 48.7 Å². The van der Waals surface area contributed by atoms with Crippen LogP contribution in [0.3, 0.4) is 0 Å². The quantitative estimate of drug-likeness (QED) is 0.108. The maximum absolute atomic E-state index is 15.7. The molecule has 2 fully saturated rings. The molecule has 0 radical (unpaired) electrons. The average Bonchev–Trinajstić information content (AvgIpc) is 3.88. The molecule has 0 spiro atoms. The van der Waals surface area contributed by atoms with Gasteiger partial charge in [-0.15, -0.1) is 0 Å². The van der Waals surface area contributed by atoms with Crippen molar-refractivity contribution in [3.05, 3.63) is 82.3 Å². The van der Waals surface area contributed by atoms with Crippen molar-refractivity contribution in [2.75, 3.05) is 55.7 Å². The van der Waals surface area contributed by atoms with E-state index < -0.39 is 81.0 Å². The number of carbonyl (C=O) groups is 1. The number of anilines is 2. The van der Waals surface area contributed by atoms with Crippen molar-refractivity contribution in [1.29, 1.82) is 0 Å². The number of carbonyl (C=O) groups excluding carboxylic acids is 1. The second-order valence-electron chi connectivity index (χ2n) is 16.0. The van der Waals surface area contributed by atoms with Crippen LogP contribution in [0.4, 0.5) is 41.7 Å². The lowest BCUT2D eigenvalue weighted by molar-refractivity contribution is -0.144. The van der Waals surface area contributed by atoms with E-state index in [1.807, 2.05) is 0 Å². The molecule has 23 heteroatoms. The Bertz CT molecular complexity index is 2860. The molecule has 63 heavy (non-hydrogen) atoms. The molecular formula is C40H39F7N10O4S2. The number of sulfonamides is 1. The fourth-order valence-electron chi connectivity index (χ4n) is 8.90. The summed E-state index contributed by atoms with van der Waals surface area (Å²) in [6, 6.07) is 8.14. The zero-order valence-electron chi connectivity index (χ0n) is 33.6. The highest BCUT2D eigenvalue weighted by atomic mass is 32.2. The van der Waals surface area contributed by atoms with Crippen molar-refractivity contribution in [3.8, 4) is 11.1 Å². The number of nitrogens with one attached hydrogen (secondary N) is 3. The molecule has 0 unspecified atom stereocenters. The minimum absolute atomic E-state index is 0.00991. The van der Waals surface area contributed by atoms with E-state index in [1.165, 1.54) is 16.0 Å². The van der Waals surface area contributed by atoms with Gasteiger partial charge >= 0.3 is 6.18 Å². The molecule has 2 aromatic carbocycles. The summed E-state index contributed by atoms with van der Waals surface area (Å²) < 4.78 is 139. The summed E-state index contributed by atoms with van der Waals surface area (Å²) in [6.45, 7) is 2.97. The molecule has 14 nitrogen and oxygen atoms in total. The van der Waals surface area contributed by atoms with Crippen molar-refractivity contribution in [2.24, 2.45) is 13.0 Å². The van der Waals surface area contributed by atoms with Gasteiger partial charge in [-0.05, 0) is 55.0 Å². The first-order valence-electron chi connectivity index (χ1n) is 19.9. The first-order valence-corrected chi connectivity index (χ1v) is 22.6. The lowest BCUT2D eigenvalue weighted by Gasteiger charge is -2.34. The van der Waals surface area contributed by atoms with Gasteiger partial charge in [-0.2, -0.15) is 32.1 Å². The Kier molecular flexibility index (Phi) is 10.9. The largest absolute Gasteiger partial charge is 0.435 e. The summed E-state index contributed by atoms with van der Waals surface area (Å²) in [6.07, 6.45) is -4.31. The SMILES string of the molecule is Cn1nc(NS(C)(=O)=O)c2cccc(-c3cc4sc(NCCN5CCOCC5)nc4nc3[C@H](Cc3cc(F)cc(F)c3)NC(=O)Cn3nc(C(F)(F)F)c4c3C(F)(F)[C@@H]3CC[C@H]43)c21. The molecule has 4 aromatic heterocycles. The number of ether oxygens (including phenoxy) is 1. The number of morpholine rings is 1. The first kappa shape index (κ1) is 42.9. The third kappa shape index (κ3) is 8.30. The van der Waals surface area contributed by atoms with Crippen molar-refractivity contribution in [1.82, 2.24) is 39.7 Å². The zero-order valence-corrected chi connectivity index (χ0v) is 35.2. The van der Waals surface area contributed by atoms with Crippen LogP contribution in [0.1, 0.15) is 53.0 Å². The first-order chi connectivity index (χ1) is 29.8. The lowest BCUT2D eigenvalue weighted by atomic mass is 9.73. The Morgan fingerprint density at radius 1 is 1.03 bits per heavy atom. The second-order valence-corrected chi connectivity index (χ2v) is 18.8. The Morgan fingerprint density at radius 3 is 2.46 bits per heavy atom. The van der Waals surface area contributed by atoms with E-state index in [0.29, 0.717) is 68.9 Å². The van der Waals surface area contributed by atoms with Gasteiger partial charge in [0.15, 0.2) is 22.3 Å². The number of aromatic nitrogens is 6. The summed E-state index contributed by atoms with van der Waals surface area (Å²) >= 11 is 1.28. The Hall–Kier alpha value is -5.39. The van der Waals surface area contributed by atoms with Gasteiger partial charge in [0.2, 0.25) is 15.9 Å². The number of nitrogens with zero attached hydrogens (tertiary/aromatic N) is 7. The molecule has 3 atom stereocenters. The molecule has 1 aliphatic heterocycles. The summed E-state index contributed by atoms with van der Waals surface area (Å²) in [4.78, 5) is 26.0. The van der Waals surface area contributed by atoms with Crippen LogP contribution < -0.4 is 15.4 Å². The van der Waals surface area contributed by atoms with E-state index >= 15 is 8.78 Å². The number of benzene rings is 2. The smallest absolute Gasteiger partial charge is 0.379 e. The molecule has 334 valence electrons. The van der Waals surface area contributed by atoms with E-state index in [2.05, 4.69) is 30.5 Å². The minimum atomic E-state index is -5.07. The number of thiazole rings is 1. The highest BCUT2D eigenvalue weighted by molar-refractivity contribution is 7.92. The monoisotopic (exact) mass is 920 g/mol. The molecule has 1 saturated carbocycles. The number of para-hydroxylation sites is 1. The van der Waals surface area contributed by atoms with Gasteiger partial charge < -0.3 is 15.4 Å². The van der Waals surface area contributed by atoms with Crippen LogP contribution >= 0.6 is 11.3 Å². The molecule has 1 amide bonds. The van der Waals surface area contributed by atoms with Gasteiger partial charge in [0, 0.05) is 67.3 Å². The summed E-state index contributed by atoms with van der Waals surface area (Å²) in [5, 5.41) is 14.9. The van der Waals surface area contributed by atoms with Crippen LogP contribution in [0.5, 0.6) is 0 Å². The van der Waals surface area contributed by atoms with Crippen LogP contribution in [0, 0.1) is 17.6 Å². The third-order valence-corrected chi connectivity index (χ3v) is 13.2. The molecule has 1 saturated heterocycles. The minimum Gasteiger partial charge on any atom is -0.379 e. The van der Waals surface area contributed by atoms with Gasteiger partial charge in [0.25, 0.3) is 5.92 Å². The molecule has 5 heterocycles. The third-order valence-electron chi connectivity index (χ3n) is 11.7. The number of alkyl halides is 5. The Balaban J connectivity index is 1.16. The lowest BCUT2D eigenvalue weighted by Crippen LogP contribution is -2.38. The van der Waals surface area contributed by atoms with Crippen molar-refractivity contribution in [2.45, 2.75) is 49.9 Å². The Labute approximate surface area is 358 Å². The van der Waals surface area contributed by atoms with E-state index in [4.69, 9.17) is 14.7 Å². The second kappa shape index (κ2) is 16.0. The summed E-state index contributed by atoms with van der Waals surface area (Å²) in [7, 11) is -2.20. The van der Waals surface area contributed by atoms with E-state index in [1.54, 1.807) is 31.3 Å². The summed E-state index contributed by atoms with van der Waals surface area (Å²) in [5.41, 5.74) is -1.49. The number of aryl methyl sites for hydroxylation is 1. The van der Waals surface area contributed by atoms with E-state index in [-0.39, 0.29) is 42.0 Å². The van der Waals surface area contributed by atoms with Crippen LogP contribution in [0.25, 0.3) is 32.4 Å². The van der Waals surface area contributed by atoms with Crippen molar-refractivity contribution >= 4 is 59.5 Å². The molecule has 9 rings (SSSR count). The van der Waals surface area contributed by atoms with Gasteiger partial charge in [-0.1, -0.05) is 23.5 Å². The number of rotatable bonds is 13. The number of pyridine rings is 1. The number of hydrogen-bond acceptors (Lipinski definition) is 11. The molecule has 3 N–H and O–H groups in total. The van der Waals surface area contributed by atoms with Crippen molar-refractivity contribution in [3.63, 3.8) is 0 Å². The standard InChI is InChI=1S/C40H39F7N10O4S2/c1-55-33-23(4-3-5-25(33)36(53-55)54-63(2,59)60)26-18-29-37(51-38(62-29)48-8-9-56-10-12-61-13-11-56)50-32(26)28(16-20-14-21(41)17-22(42)15-20)49-30(58)19-57-35-31(34(52-57)40(45,46)47)24-6-7-27(24)39(35,43)44/h3-5,14-15,17-18,24,27-28H,6-13,16,19H2,1-2H3,(H,49,58)(H,53,54)(H,48,50,51)/t24-,27+,28-/m0/s1. The fourth-order valence-corrected chi connectivity index (χ4v) is 10.3. The number of halogens is 7. The number of fused-ring (bicyclic) bond motifs is 5. The van der Waals surface area contributed by atoms with Crippen LogP contribution in [0.2, 0.25) is 0 Å². The van der Waals surface area contributed by atoms with E-state index in [9.17, 15) is 35.2 Å². The normalized spacial score (nSPS) is 19.2. The van der Waals surface area contributed by atoms with E-state index in [0.717, 1.165) is 31.5 Å². The predicted octanol–water partition coefficient (Wildman–Crippen LogP) is 6.55. The topological polar surface area (TPSA) is 161 Å². The maximum Gasteiger partial charge on any atom is 0.435 e. The van der Waals surface area contributed by atoms with Gasteiger partial charge in [-0.3, -0.25) is 23.8 Å².